The van der Waals surface area contributed by atoms with Gasteiger partial charge in [0.25, 0.3) is 5.91 Å². The molecule has 116 valence electrons. The lowest BCUT2D eigenvalue weighted by Crippen LogP contribution is -2.30. The topological polar surface area (TPSA) is 33.5 Å². The van der Waals surface area contributed by atoms with Gasteiger partial charge >= 0.3 is 0 Å². The molecule has 0 N–H and O–H groups in total. The third kappa shape index (κ3) is 4.11. The first-order valence-electron chi connectivity index (χ1n) is 7.33. The van der Waals surface area contributed by atoms with Crippen LogP contribution in [-0.2, 0) is 13.1 Å². The molecule has 2 aromatic carbocycles. The van der Waals surface area contributed by atoms with Gasteiger partial charge in [-0.3, -0.25) is 4.79 Å². The second-order valence-electron chi connectivity index (χ2n) is 5.23. The number of benzene rings is 2. The summed E-state index contributed by atoms with van der Waals surface area (Å²) in [4.78, 5) is 14.6. The van der Waals surface area contributed by atoms with Crippen molar-refractivity contribution in [3.8, 4) is 0 Å². The fraction of sp³-hybridized carbons (Fsp3) is 0.105. The molecule has 3 aromatic rings. The zero-order chi connectivity index (χ0) is 16.1. The predicted molar refractivity (Wildman–Crippen MR) is 92.9 cm³/mol. The molecule has 0 aliphatic heterocycles. The van der Waals surface area contributed by atoms with E-state index in [2.05, 4.69) is 15.9 Å². The van der Waals surface area contributed by atoms with Gasteiger partial charge in [0.1, 0.15) is 5.76 Å². The van der Waals surface area contributed by atoms with Crippen LogP contribution in [0.5, 0.6) is 0 Å². The van der Waals surface area contributed by atoms with Crippen LogP contribution in [0.15, 0.2) is 81.9 Å². The molecular formula is C19H16BrNO2. The Morgan fingerprint density at radius 2 is 1.65 bits per heavy atom. The van der Waals surface area contributed by atoms with Crippen molar-refractivity contribution in [3.63, 3.8) is 0 Å². The summed E-state index contributed by atoms with van der Waals surface area (Å²) in [6.45, 7) is 0.979. The maximum absolute atomic E-state index is 12.9. The Balaban J connectivity index is 1.84. The highest BCUT2D eigenvalue weighted by Crippen LogP contribution is 2.16. The first kappa shape index (κ1) is 15.6. The van der Waals surface area contributed by atoms with E-state index in [0.29, 0.717) is 18.7 Å². The molecule has 0 bridgehead atoms. The quantitative estimate of drug-likeness (QED) is 0.641. The molecule has 0 saturated carbocycles. The van der Waals surface area contributed by atoms with E-state index in [9.17, 15) is 4.79 Å². The summed E-state index contributed by atoms with van der Waals surface area (Å²) in [6.07, 6.45) is 1.63. The van der Waals surface area contributed by atoms with Gasteiger partial charge in [-0.1, -0.05) is 46.3 Å². The van der Waals surface area contributed by atoms with Crippen LogP contribution in [0.4, 0.5) is 0 Å². The Kier molecular flexibility index (Phi) is 4.93. The van der Waals surface area contributed by atoms with Crippen LogP contribution in [0.1, 0.15) is 21.7 Å². The van der Waals surface area contributed by atoms with Crippen molar-refractivity contribution < 1.29 is 9.21 Å². The fourth-order valence-electron chi connectivity index (χ4n) is 2.37. The lowest BCUT2D eigenvalue weighted by Gasteiger charge is -2.22. The van der Waals surface area contributed by atoms with Gasteiger partial charge in [0, 0.05) is 16.6 Å². The second kappa shape index (κ2) is 7.29. The minimum atomic E-state index is -0.0160. The maximum Gasteiger partial charge on any atom is 0.254 e. The minimum Gasteiger partial charge on any atom is -0.467 e. The van der Waals surface area contributed by atoms with Crippen molar-refractivity contribution in [1.82, 2.24) is 4.90 Å². The van der Waals surface area contributed by atoms with Crippen LogP contribution in [0.25, 0.3) is 0 Å². The van der Waals surface area contributed by atoms with Crippen LogP contribution < -0.4 is 0 Å². The van der Waals surface area contributed by atoms with E-state index in [1.807, 2.05) is 66.7 Å². The van der Waals surface area contributed by atoms with Crippen LogP contribution >= 0.6 is 15.9 Å². The molecule has 0 atom stereocenters. The minimum absolute atomic E-state index is 0.0160. The summed E-state index contributed by atoms with van der Waals surface area (Å²) in [5.41, 5.74) is 1.75. The van der Waals surface area contributed by atoms with Crippen LogP contribution in [0.2, 0.25) is 0 Å². The molecule has 4 heteroatoms. The van der Waals surface area contributed by atoms with Gasteiger partial charge in [0.2, 0.25) is 0 Å². The molecule has 23 heavy (non-hydrogen) atoms. The Bertz CT molecular complexity index is 752. The number of rotatable bonds is 5. The molecule has 0 spiro atoms. The first-order valence-corrected chi connectivity index (χ1v) is 8.13. The van der Waals surface area contributed by atoms with Gasteiger partial charge in [-0.15, -0.1) is 0 Å². The number of carbonyl (C=O) groups excluding carboxylic acids is 1. The van der Waals surface area contributed by atoms with Crippen LogP contribution in [0, 0.1) is 0 Å². The average Bonchev–Trinajstić information content (AvgIpc) is 3.08. The van der Waals surface area contributed by atoms with Crippen LogP contribution in [0.3, 0.4) is 0 Å². The molecule has 0 aliphatic carbocycles. The summed E-state index contributed by atoms with van der Waals surface area (Å²) in [5.74, 6) is 0.754. The number of furan rings is 1. The van der Waals surface area contributed by atoms with Gasteiger partial charge in [-0.2, -0.15) is 0 Å². The van der Waals surface area contributed by atoms with Crippen molar-refractivity contribution in [2.45, 2.75) is 13.1 Å². The van der Waals surface area contributed by atoms with Gasteiger partial charge in [0.15, 0.2) is 0 Å². The van der Waals surface area contributed by atoms with Gasteiger partial charge < -0.3 is 9.32 Å². The number of hydrogen-bond donors (Lipinski definition) is 0. The highest BCUT2D eigenvalue weighted by molar-refractivity contribution is 9.10. The number of halogens is 1. The third-order valence-electron chi connectivity index (χ3n) is 3.52. The zero-order valence-corrected chi connectivity index (χ0v) is 14.1. The molecule has 0 aliphatic rings. The van der Waals surface area contributed by atoms with E-state index in [4.69, 9.17) is 4.42 Å². The lowest BCUT2D eigenvalue weighted by molar-refractivity contribution is 0.0717. The van der Waals surface area contributed by atoms with E-state index in [1.54, 1.807) is 11.2 Å². The predicted octanol–water partition coefficient (Wildman–Crippen LogP) is 4.88. The Morgan fingerprint density at radius 1 is 0.913 bits per heavy atom. The fourth-order valence-corrected chi connectivity index (χ4v) is 2.63. The molecule has 0 saturated heterocycles. The van der Waals surface area contributed by atoms with E-state index >= 15 is 0 Å². The molecule has 3 rings (SSSR count). The van der Waals surface area contributed by atoms with Crippen molar-refractivity contribution >= 4 is 21.8 Å². The number of hydrogen-bond acceptors (Lipinski definition) is 2. The van der Waals surface area contributed by atoms with E-state index in [0.717, 1.165) is 15.8 Å². The van der Waals surface area contributed by atoms with Crippen molar-refractivity contribution in [3.05, 3.63) is 94.4 Å². The average molecular weight is 370 g/mol. The summed E-state index contributed by atoms with van der Waals surface area (Å²) in [6, 6.07) is 21.1. The molecule has 0 fully saturated rings. The SMILES string of the molecule is O=C(c1ccc(Br)cc1)N(Cc1ccccc1)Cc1ccco1. The maximum atomic E-state index is 12.9. The molecule has 1 amide bonds. The Morgan fingerprint density at radius 3 is 2.30 bits per heavy atom. The smallest absolute Gasteiger partial charge is 0.254 e. The van der Waals surface area contributed by atoms with Crippen LogP contribution in [-0.4, -0.2) is 10.8 Å². The molecular weight excluding hydrogens is 354 g/mol. The van der Waals surface area contributed by atoms with Gasteiger partial charge in [-0.05, 0) is 42.0 Å². The highest BCUT2D eigenvalue weighted by Gasteiger charge is 2.17. The largest absolute Gasteiger partial charge is 0.467 e. The summed E-state index contributed by atoms with van der Waals surface area (Å²) in [5, 5.41) is 0. The monoisotopic (exact) mass is 369 g/mol. The zero-order valence-electron chi connectivity index (χ0n) is 12.5. The summed E-state index contributed by atoms with van der Waals surface area (Å²) < 4.78 is 6.36. The second-order valence-corrected chi connectivity index (χ2v) is 6.15. The Hall–Kier alpha value is -2.33. The molecule has 3 nitrogen and oxygen atoms in total. The van der Waals surface area contributed by atoms with E-state index < -0.39 is 0 Å². The highest BCUT2D eigenvalue weighted by atomic mass is 79.9. The summed E-state index contributed by atoms with van der Waals surface area (Å²) >= 11 is 3.39. The van der Waals surface area contributed by atoms with Gasteiger partial charge in [0.05, 0.1) is 12.8 Å². The Labute approximate surface area is 143 Å². The molecule has 1 aromatic heterocycles. The van der Waals surface area contributed by atoms with E-state index in [-0.39, 0.29) is 5.91 Å². The van der Waals surface area contributed by atoms with Crippen molar-refractivity contribution in [2.24, 2.45) is 0 Å². The standard InChI is InChI=1S/C19H16BrNO2/c20-17-10-8-16(9-11-17)19(22)21(14-18-7-4-12-23-18)13-15-5-2-1-3-6-15/h1-12H,13-14H2. The lowest BCUT2D eigenvalue weighted by atomic mass is 10.1. The number of carbonyl (C=O) groups is 1. The first-order chi connectivity index (χ1) is 11.2. The molecule has 0 unspecified atom stereocenters. The molecule has 0 radical (unpaired) electrons. The number of nitrogens with zero attached hydrogens (tertiary/aromatic N) is 1. The third-order valence-corrected chi connectivity index (χ3v) is 4.05. The van der Waals surface area contributed by atoms with Crippen molar-refractivity contribution in [2.75, 3.05) is 0 Å². The van der Waals surface area contributed by atoms with E-state index in [1.165, 1.54) is 0 Å². The van der Waals surface area contributed by atoms with Crippen molar-refractivity contribution in [1.29, 1.82) is 0 Å². The summed E-state index contributed by atoms with van der Waals surface area (Å²) in [7, 11) is 0. The number of amides is 1. The normalized spacial score (nSPS) is 10.5. The molecule has 1 heterocycles. The van der Waals surface area contributed by atoms with Gasteiger partial charge in [-0.25, -0.2) is 0 Å².